The van der Waals surface area contributed by atoms with Gasteiger partial charge < -0.3 is 14.6 Å². The predicted molar refractivity (Wildman–Crippen MR) is 118 cm³/mol. The smallest absolute Gasteiger partial charge is 0.244 e. The third kappa shape index (κ3) is 5.53. The van der Waals surface area contributed by atoms with Gasteiger partial charge in [0.1, 0.15) is 0 Å². The number of para-hydroxylation sites is 1. The molecule has 30 heavy (non-hydrogen) atoms. The molecule has 1 aromatic heterocycles. The van der Waals surface area contributed by atoms with Crippen LogP contribution in [0.1, 0.15) is 12.3 Å². The van der Waals surface area contributed by atoms with Gasteiger partial charge in [-0.1, -0.05) is 53.0 Å². The van der Waals surface area contributed by atoms with E-state index in [1.165, 1.54) is 4.90 Å². The van der Waals surface area contributed by atoms with Crippen LogP contribution in [-0.4, -0.2) is 35.3 Å². The number of amides is 2. The minimum absolute atomic E-state index is 0.138. The van der Waals surface area contributed by atoms with E-state index in [4.69, 9.17) is 39.2 Å². The third-order valence-electron chi connectivity index (χ3n) is 4.28. The van der Waals surface area contributed by atoms with Gasteiger partial charge in [0.15, 0.2) is 11.7 Å². The molecule has 3 rings (SSSR count). The summed E-state index contributed by atoms with van der Waals surface area (Å²) in [6, 6.07) is 12.2. The number of hydrogen-bond acceptors (Lipinski definition) is 4. The largest absolute Gasteiger partial charge is 0.441 e. The molecule has 1 heterocycles. The number of anilines is 1. The molecule has 0 unspecified atom stereocenters. The number of rotatable bonds is 7. The summed E-state index contributed by atoms with van der Waals surface area (Å²) in [5, 5.41) is 3.83. The van der Waals surface area contributed by atoms with Gasteiger partial charge in [0, 0.05) is 25.5 Å². The molecule has 156 valence electrons. The van der Waals surface area contributed by atoms with Crippen molar-refractivity contribution in [2.75, 3.05) is 18.9 Å². The number of carbonyl (C=O) groups excluding carboxylic acids is 2. The number of carbonyl (C=O) groups is 2. The molecule has 0 aliphatic heterocycles. The minimum atomic E-state index is -0.405. The Morgan fingerprint density at radius 1 is 1.03 bits per heavy atom. The standard InChI is InChI=1S/C21H18Cl3N3O3/c1-27(12-18(28)26-21-15(23)7-4-8-16(21)24)20(29)10-9-19-25-11-17(30-19)13-5-2-3-6-14(13)22/h2-8,11H,9-10,12H2,1H3,(H,26,28). The van der Waals surface area contributed by atoms with Crippen molar-refractivity contribution < 1.29 is 14.0 Å². The molecular weight excluding hydrogens is 449 g/mol. The Bertz CT molecular complexity index is 1050. The third-order valence-corrected chi connectivity index (χ3v) is 5.24. The van der Waals surface area contributed by atoms with Crippen LogP contribution < -0.4 is 5.32 Å². The molecule has 6 nitrogen and oxygen atoms in total. The highest BCUT2D eigenvalue weighted by Crippen LogP contribution is 2.30. The number of aromatic nitrogens is 1. The lowest BCUT2D eigenvalue weighted by molar-refractivity contribution is -0.133. The topological polar surface area (TPSA) is 75.4 Å². The van der Waals surface area contributed by atoms with Crippen molar-refractivity contribution in [3.63, 3.8) is 0 Å². The Kier molecular flexibility index (Phi) is 7.37. The summed E-state index contributed by atoms with van der Waals surface area (Å²) in [6.07, 6.45) is 2.01. The second-order valence-corrected chi connectivity index (χ2v) is 7.71. The van der Waals surface area contributed by atoms with E-state index >= 15 is 0 Å². The number of nitrogens with zero attached hydrogens (tertiary/aromatic N) is 2. The molecular formula is C21H18Cl3N3O3. The Morgan fingerprint density at radius 3 is 2.40 bits per heavy atom. The lowest BCUT2D eigenvalue weighted by Crippen LogP contribution is -2.35. The van der Waals surface area contributed by atoms with Crippen LogP contribution in [0.25, 0.3) is 11.3 Å². The van der Waals surface area contributed by atoms with E-state index < -0.39 is 5.91 Å². The Balaban J connectivity index is 1.52. The highest BCUT2D eigenvalue weighted by molar-refractivity contribution is 6.39. The normalized spacial score (nSPS) is 10.7. The summed E-state index contributed by atoms with van der Waals surface area (Å²) in [4.78, 5) is 30.1. The first-order valence-electron chi connectivity index (χ1n) is 9.02. The van der Waals surface area contributed by atoms with Crippen LogP contribution in [0.4, 0.5) is 5.69 Å². The van der Waals surface area contributed by atoms with Gasteiger partial charge in [-0.2, -0.15) is 0 Å². The molecule has 3 aromatic rings. The fraction of sp³-hybridized carbons (Fsp3) is 0.190. The molecule has 1 N–H and O–H groups in total. The number of benzene rings is 2. The zero-order chi connectivity index (χ0) is 21.7. The lowest BCUT2D eigenvalue weighted by atomic mass is 10.2. The Morgan fingerprint density at radius 2 is 1.70 bits per heavy atom. The zero-order valence-electron chi connectivity index (χ0n) is 16.0. The van der Waals surface area contributed by atoms with Gasteiger partial charge in [0.25, 0.3) is 0 Å². The van der Waals surface area contributed by atoms with Gasteiger partial charge in [0.2, 0.25) is 11.8 Å². The summed E-state index contributed by atoms with van der Waals surface area (Å²) in [5.74, 6) is 0.317. The zero-order valence-corrected chi connectivity index (χ0v) is 18.3. The lowest BCUT2D eigenvalue weighted by Gasteiger charge is -2.17. The number of nitrogens with one attached hydrogen (secondary N) is 1. The first-order chi connectivity index (χ1) is 14.3. The highest BCUT2D eigenvalue weighted by Gasteiger charge is 2.17. The molecule has 0 aliphatic carbocycles. The summed E-state index contributed by atoms with van der Waals surface area (Å²) < 4.78 is 5.69. The van der Waals surface area contributed by atoms with Gasteiger partial charge >= 0.3 is 0 Å². The molecule has 9 heteroatoms. The average Bonchev–Trinajstić information content (AvgIpc) is 3.18. The minimum Gasteiger partial charge on any atom is -0.441 e. The van der Waals surface area contributed by atoms with Gasteiger partial charge in [-0.25, -0.2) is 4.98 Å². The molecule has 2 amide bonds. The summed E-state index contributed by atoms with van der Waals surface area (Å²) >= 11 is 18.2. The van der Waals surface area contributed by atoms with Crippen LogP contribution in [0.5, 0.6) is 0 Å². The van der Waals surface area contributed by atoms with E-state index in [0.29, 0.717) is 38.8 Å². The number of oxazole rings is 1. The fourth-order valence-electron chi connectivity index (χ4n) is 2.72. The van der Waals surface area contributed by atoms with Crippen LogP contribution >= 0.6 is 34.8 Å². The van der Waals surface area contributed by atoms with Crippen LogP contribution in [0.3, 0.4) is 0 Å². The van der Waals surface area contributed by atoms with Crippen molar-refractivity contribution in [2.45, 2.75) is 12.8 Å². The maximum atomic E-state index is 12.4. The van der Waals surface area contributed by atoms with E-state index in [-0.39, 0.29) is 18.9 Å². The second kappa shape index (κ2) is 9.98. The molecule has 0 bridgehead atoms. The molecule has 0 aliphatic rings. The summed E-state index contributed by atoms with van der Waals surface area (Å²) in [5.41, 5.74) is 1.05. The number of hydrogen-bond donors (Lipinski definition) is 1. The van der Waals surface area contributed by atoms with Crippen molar-refractivity contribution >= 4 is 52.3 Å². The van der Waals surface area contributed by atoms with Crippen LogP contribution in [0.15, 0.2) is 53.1 Å². The monoisotopic (exact) mass is 465 g/mol. The summed E-state index contributed by atoms with van der Waals surface area (Å²) in [6.45, 7) is -0.142. The molecule has 2 aromatic carbocycles. The van der Waals surface area contributed by atoms with Crippen molar-refractivity contribution in [3.8, 4) is 11.3 Å². The number of likely N-dealkylation sites (N-methyl/N-ethyl adjacent to an activating group) is 1. The van der Waals surface area contributed by atoms with Crippen molar-refractivity contribution in [1.29, 1.82) is 0 Å². The van der Waals surface area contributed by atoms with Crippen molar-refractivity contribution in [1.82, 2.24) is 9.88 Å². The number of aryl methyl sites for hydroxylation is 1. The van der Waals surface area contributed by atoms with Crippen LogP contribution in [0.2, 0.25) is 15.1 Å². The molecule has 0 atom stereocenters. The van der Waals surface area contributed by atoms with Gasteiger partial charge in [-0.05, 0) is 24.3 Å². The molecule has 0 fully saturated rings. The van der Waals surface area contributed by atoms with Gasteiger partial charge in [-0.3, -0.25) is 9.59 Å². The molecule has 0 spiro atoms. The first kappa shape index (κ1) is 22.2. The maximum Gasteiger partial charge on any atom is 0.244 e. The second-order valence-electron chi connectivity index (χ2n) is 6.49. The highest BCUT2D eigenvalue weighted by atomic mass is 35.5. The van der Waals surface area contributed by atoms with E-state index in [9.17, 15) is 9.59 Å². The van der Waals surface area contributed by atoms with E-state index in [1.54, 1.807) is 37.5 Å². The molecule has 0 saturated heterocycles. The molecule has 0 radical (unpaired) electrons. The average molecular weight is 467 g/mol. The quantitative estimate of drug-likeness (QED) is 0.510. The van der Waals surface area contributed by atoms with Crippen molar-refractivity contribution in [3.05, 3.63) is 69.6 Å². The molecule has 0 saturated carbocycles. The van der Waals surface area contributed by atoms with E-state index in [1.807, 2.05) is 18.2 Å². The first-order valence-corrected chi connectivity index (χ1v) is 10.2. The van der Waals surface area contributed by atoms with E-state index in [0.717, 1.165) is 5.56 Å². The summed E-state index contributed by atoms with van der Waals surface area (Å²) in [7, 11) is 1.54. The van der Waals surface area contributed by atoms with Gasteiger partial charge in [0.05, 0.1) is 33.5 Å². The van der Waals surface area contributed by atoms with Crippen LogP contribution in [0, 0.1) is 0 Å². The van der Waals surface area contributed by atoms with E-state index in [2.05, 4.69) is 10.3 Å². The Labute approximate surface area is 188 Å². The fourth-order valence-corrected chi connectivity index (χ4v) is 3.44. The predicted octanol–water partition coefficient (Wildman–Crippen LogP) is 5.33. The van der Waals surface area contributed by atoms with Crippen molar-refractivity contribution in [2.24, 2.45) is 0 Å². The Hall–Kier alpha value is -2.54. The number of halogens is 3. The van der Waals surface area contributed by atoms with Gasteiger partial charge in [-0.15, -0.1) is 0 Å². The maximum absolute atomic E-state index is 12.4. The SMILES string of the molecule is CN(CC(=O)Nc1c(Cl)cccc1Cl)C(=O)CCc1ncc(-c2ccccc2Cl)o1. The van der Waals surface area contributed by atoms with Crippen LogP contribution in [-0.2, 0) is 16.0 Å².